The average Bonchev–Trinajstić information content (AvgIpc) is 2.37. The lowest BCUT2D eigenvalue weighted by Crippen LogP contribution is -2.35. The highest BCUT2D eigenvalue weighted by atomic mass is 16.5. The molecule has 0 aliphatic carbocycles. The average molecular weight is 248 g/mol. The van der Waals surface area contributed by atoms with Crippen LogP contribution in [0.4, 0.5) is 11.4 Å². The summed E-state index contributed by atoms with van der Waals surface area (Å²) in [6.07, 6.45) is 2.69. The van der Waals surface area contributed by atoms with Crippen molar-refractivity contribution in [2.24, 2.45) is 0 Å². The van der Waals surface area contributed by atoms with E-state index in [0.717, 1.165) is 30.6 Å². The molecule has 2 rings (SSSR count). The molecule has 0 saturated carbocycles. The summed E-state index contributed by atoms with van der Waals surface area (Å²) >= 11 is 0. The summed E-state index contributed by atoms with van der Waals surface area (Å²) in [6, 6.07) is 5.66. The number of rotatable bonds is 4. The summed E-state index contributed by atoms with van der Waals surface area (Å²) in [7, 11) is 0. The van der Waals surface area contributed by atoms with Crippen molar-refractivity contribution in [3.8, 4) is 0 Å². The molecule has 1 aliphatic heterocycles. The SMILES string of the molecule is CCOCc1cc(N)ccc1N1CCCCC1=O. The van der Waals surface area contributed by atoms with E-state index in [2.05, 4.69) is 0 Å². The Morgan fingerprint density at radius 3 is 2.94 bits per heavy atom. The van der Waals surface area contributed by atoms with Crippen LogP contribution in [0.1, 0.15) is 31.7 Å². The van der Waals surface area contributed by atoms with Crippen molar-refractivity contribution >= 4 is 17.3 Å². The van der Waals surface area contributed by atoms with Crippen LogP contribution in [-0.4, -0.2) is 19.1 Å². The van der Waals surface area contributed by atoms with Gasteiger partial charge >= 0.3 is 0 Å². The van der Waals surface area contributed by atoms with Crippen molar-refractivity contribution in [3.63, 3.8) is 0 Å². The summed E-state index contributed by atoms with van der Waals surface area (Å²) in [5.41, 5.74) is 8.45. The highest BCUT2D eigenvalue weighted by molar-refractivity contribution is 5.95. The van der Waals surface area contributed by atoms with Gasteiger partial charge in [-0.25, -0.2) is 0 Å². The van der Waals surface area contributed by atoms with Crippen molar-refractivity contribution in [1.82, 2.24) is 0 Å². The molecule has 98 valence electrons. The molecule has 1 amide bonds. The van der Waals surface area contributed by atoms with Crippen LogP contribution >= 0.6 is 0 Å². The molecule has 4 nitrogen and oxygen atoms in total. The predicted molar refractivity (Wildman–Crippen MR) is 72.4 cm³/mol. The zero-order chi connectivity index (χ0) is 13.0. The summed E-state index contributed by atoms with van der Waals surface area (Å²) < 4.78 is 5.45. The number of carbonyl (C=O) groups excluding carboxylic acids is 1. The fourth-order valence-corrected chi connectivity index (χ4v) is 2.26. The van der Waals surface area contributed by atoms with Gasteiger partial charge in [-0.1, -0.05) is 0 Å². The maximum Gasteiger partial charge on any atom is 0.226 e. The normalized spacial score (nSPS) is 16.1. The van der Waals surface area contributed by atoms with E-state index in [4.69, 9.17) is 10.5 Å². The molecule has 0 spiro atoms. The van der Waals surface area contributed by atoms with Crippen LogP contribution in [-0.2, 0) is 16.1 Å². The molecule has 18 heavy (non-hydrogen) atoms. The van der Waals surface area contributed by atoms with E-state index in [1.165, 1.54) is 0 Å². The van der Waals surface area contributed by atoms with Crippen molar-refractivity contribution in [2.75, 3.05) is 23.8 Å². The summed E-state index contributed by atoms with van der Waals surface area (Å²) in [5.74, 6) is 0.198. The van der Waals surface area contributed by atoms with E-state index in [0.29, 0.717) is 25.3 Å². The summed E-state index contributed by atoms with van der Waals surface area (Å²) in [4.78, 5) is 13.8. The largest absolute Gasteiger partial charge is 0.399 e. The van der Waals surface area contributed by atoms with Crippen LogP contribution in [0.2, 0.25) is 0 Å². The standard InChI is InChI=1S/C14H20N2O2/c1-2-18-10-11-9-12(15)6-7-13(11)16-8-4-3-5-14(16)17/h6-7,9H,2-5,8,10,15H2,1H3. The number of nitrogens with zero attached hydrogens (tertiary/aromatic N) is 1. The van der Waals surface area contributed by atoms with Gasteiger partial charge in [-0.05, 0) is 38.0 Å². The molecule has 1 aliphatic rings. The number of amides is 1. The number of benzene rings is 1. The van der Waals surface area contributed by atoms with Crippen LogP contribution in [0.5, 0.6) is 0 Å². The Hall–Kier alpha value is -1.55. The lowest BCUT2D eigenvalue weighted by atomic mass is 10.1. The van der Waals surface area contributed by atoms with Gasteiger partial charge in [-0.15, -0.1) is 0 Å². The number of nitrogens with two attached hydrogens (primary N) is 1. The number of nitrogen functional groups attached to an aromatic ring is 1. The predicted octanol–water partition coefficient (Wildman–Crippen LogP) is 2.32. The summed E-state index contributed by atoms with van der Waals surface area (Å²) in [6.45, 7) is 3.91. The van der Waals surface area contributed by atoms with Crippen molar-refractivity contribution in [1.29, 1.82) is 0 Å². The Morgan fingerprint density at radius 1 is 1.39 bits per heavy atom. The highest BCUT2D eigenvalue weighted by Crippen LogP contribution is 2.27. The second-order valence-electron chi connectivity index (χ2n) is 4.53. The monoisotopic (exact) mass is 248 g/mol. The molecule has 1 aromatic carbocycles. The second-order valence-corrected chi connectivity index (χ2v) is 4.53. The number of hydrogen-bond acceptors (Lipinski definition) is 3. The third-order valence-electron chi connectivity index (χ3n) is 3.18. The lowest BCUT2D eigenvalue weighted by molar-refractivity contribution is -0.119. The third kappa shape index (κ3) is 2.82. The first kappa shape index (κ1) is 12.9. The topological polar surface area (TPSA) is 55.6 Å². The summed E-state index contributed by atoms with van der Waals surface area (Å²) in [5, 5.41) is 0. The van der Waals surface area contributed by atoms with Gasteiger partial charge in [0.25, 0.3) is 0 Å². The maximum absolute atomic E-state index is 12.0. The van der Waals surface area contributed by atoms with Crippen LogP contribution in [0.25, 0.3) is 0 Å². The van der Waals surface area contributed by atoms with Crippen molar-refractivity contribution in [3.05, 3.63) is 23.8 Å². The maximum atomic E-state index is 12.0. The number of carbonyl (C=O) groups is 1. The van der Waals surface area contributed by atoms with E-state index in [9.17, 15) is 4.79 Å². The minimum Gasteiger partial charge on any atom is -0.399 e. The molecule has 1 fully saturated rings. The van der Waals surface area contributed by atoms with Crippen LogP contribution in [0.3, 0.4) is 0 Å². The zero-order valence-electron chi connectivity index (χ0n) is 10.8. The Morgan fingerprint density at radius 2 is 2.22 bits per heavy atom. The number of hydrogen-bond donors (Lipinski definition) is 1. The van der Waals surface area contributed by atoms with E-state index in [1.807, 2.05) is 30.0 Å². The quantitative estimate of drug-likeness (QED) is 0.832. The molecule has 0 unspecified atom stereocenters. The molecular weight excluding hydrogens is 228 g/mol. The minimum absolute atomic E-state index is 0.198. The first-order valence-electron chi connectivity index (χ1n) is 6.49. The molecule has 1 aromatic rings. The minimum atomic E-state index is 0.198. The molecule has 1 heterocycles. The second kappa shape index (κ2) is 5.87. The van der Waals surface area contributed by atoms with Crippen LogP contribution in [0, 0.1) is 0 Å². The number of anilines is 2. The van der Waals surface area contributed by atoms with Crippen LogP contribution in [0.15, 0.2) is 18.2 Å². The van der Waals surface area contributed by atoms with Crippen LogP contribution < -0.4 is 10.6 Å². The molecule has 4 heteroatoms. The number of piperidine rings is 1. The Kier molecular flexibility index (Phi) is 4.20. The Balaban J connectivity index is 2.27. The molecule has 0 bridgehead atoms. The third-order valence-corrected chi connectivity index (χ3v) is 3.18. The molecule has 0 aromatic heterocycles. The van der Waals surface area contributed by atoms with Gasteiger partial charge in [0.1, 0.15) is 0 Å². The van der Waals surface area contributed by atoms with E-state index in [1.54, 1.807) is 0 Å². The molecule has 0 atom stereocenters. The van der Waals surface area contributed by atoms with Gasteiger partial charge in [-0.3, -0.25) is 4.79 Å². The van der Waals surface area contributed by atoms with Gasteiger partial charge in [0.15, 0.2) is 0 Å². The fraction of sp³-hybridized carbons (Fsp3) is 0.500. The molecule has 2 N–H and O–H groups in total. The lowest BCUT2D eigenvalue weighted by Gasteiger charge is -2.28. The van der Waals surface area contributed by atoms with Crippen molar-refractivity contribution in [2.45, 2.75) is 32.8 Å². The van der Waals surface area contributed by atoms with Gasteiger partial charge in [0, 0.05) is 36.5 Å². The smallest absolute Gasteiger partial charge is 0.226 e. The van der Waals surface area contributed by atoms with Gasteiger partial charge in [-0.2, -0.15) is 0 Å². The van der Waals surface area contributed by atoms with Gasteiger partial charge in [0.05, 0.1) is 6.61 Å². The Bertz CT molecular complexity index is 432. The first-order valence-corrected chi connectivity index (χ1v) is 6.49. The Labute approximate surface area is 108 Å². The van der Waals surface area contributed by atoms with Crippen molar-refractivity contribution < 1.29 is 9.53 Å². The highest BCUT2D eigenvalue weighted by Gasteiger charge is 2.21. The molecule has 1 saturated heterocycles. The van der Waals surface area contributed by atoms with E-state index >= 15 is 0 Å². The van der Waals surface area contributed by atoms with Gasteiger partial charge in [0.2, 0.25) is 5.91 Å². The first-order chi connectivity index (χ1) is 8.72. The van der Waals surface area contributed by atoms with E-state index < -0.39 is 0 Å². The van der Waals surface area contributed by atoms with Gasteiger partial charge < -0.3 is 15.4 Å². The molecular formula is C14H20N2O2. The number of ether oxygens (including phenoxy) is 1. The van der Waals surface area contributed by atoms with E-state index in [-0.39, 0.29) is 5.91 Å². The zero-order valence-corrected chi connectivity index (χ0v) is 10.8. The molecule has 0 radical (unpaired) electrons. The fourth-order valence-electron chi connectivity index (χ4n) is 2.26.